The van der Waals surface area contributed by atoms with Gasteiger partial charge in [0.1, 0.15) is 16.4 Å². The van der Waals surface area contributed by atoms with E-state index in [4.69, 9.17) is 9.61 Å². The number of fused-ring (bicyclic) bond motifs is 1. The van der Waals surface area contributed by atoms with Crippen molar-refractivity contribution >= 4 is 21.6 Å². The fourth-order valence-electron chi connectivity index (χ4n) is 2.50. The quantitative estimate of drug-likeness (QED) is 0.724. The first-order chi connectivity index (χ1) is 10.3. The predicted molar refractivity (Wildman–Crippen MR) is 80.9 cm³/mol. The first-order valence-corrected chi connectivity index (χ1v) is 7.98. The van der Waals surface area contributed by atoms with Crippen molar-refractivity contribution in [3.63, 3.8) is 0 Å². The minimum absolute atomic E-state index is 0.646. The topological polar surface area (TPSA) is 55.1 Å². The maximum atomic E-state index is 4.80. The van der Waals surface area contributed by atoms with Gasteiger partial charge in [0.25, 0.3) is 0 Å². The zero-order valence-electron chi connectivity index (χ0n) is 11.8. The van der Waals surface area contributed by atoms with Gasteiger partial charge in [-0.25, -0.2) is 9.61 Å². The van der Waals surface area contributed by atoms with Crippen LogP contribution in [0.25, 0.3) is 10.2 Å². The smallest absolute Gasteiger partial charge is 0.122 e. The fraction of sp³-hybridized carbons (Fsp3) is 0.400. The number of thiazole rings is 1. The van der Waals surface area contributed by atoms with Crippen LogP contribution >= 0.6 is 11.3 Å². The van der Waals surface area contributed by atoms with E-state index in [1.54, 1.807) is 11.3 Å². The molecule has 1 saturated carbocycles. The highest BCUT2D eigenvalue weighted by Crippen LogP contribution is 2.31. The molecule has 6 heteroatoms. The fourth-order valence-corrected chi connectivity index (χ4v) is 3.49. The number of aryl methyl sites for hydroxylation is 1. The summed E-state index contributed by atoms with van der Waals surface area (Å²) in [7, 11) is 0. The summed E-state index contributed by atoms with van der Waals surface area (Å²) in [5.74, 6) is 0. The van der Waals surface area contributed by atoms with Crippen molar-refractivity contribution in [2.75, 3.05) is 0 Å². The van der Waals surface area contributed by atoms with Crippen molar-refractivity contribution in [1.82, 2.24) is 20.2 Å². The van der Waals surface area contributed by atoms with Gasteiger partial charge in [0.15, 0.2) is 0 Å². The van der Waals surface area contributed by atoms with E-state index in [0.29, 0.717) is 6.04 Å². The summed E-state index contributed by atoms with van der Waals surface area (Å²) in [6, 6.07) is 8.95. The SMILES string of the molecule is Cc1nonc1CN(Cc1nc2ccccc2s1)C1CC1. The van der Waals surface area contributed by atoms with Gasteiger partial charge in [0, 0.05) is 12.6 Å². The molecule has 1 aromatic carbocycles. The Kier molecular flexibility index (Phi) is 3.20. The molecule has 1 aliphatic carbocycles. The lowest BCUT2D eigenvalue weighted by Crippen LogP contribution is -2.25. The molecule has 4 rings (SSSR count). The number of rotatable bonds is 5. The average Bonchev–Trinajstić information content (AvgIpc) is 3.13. The Labute approximate surface area is 126 Å². The van der Waals surface area contributed by atoms with Gasteiger partial charge < -0.3 is 0 Å². The van der Waals surface area contributed by atoms with E-state index in [1.165, 1.54) is 17.5 Å². The van der Waals surface area contributed by atoms with Crippen molar-refractivity contribution in [2.24, 2.45) is 0 Å². The van der Waals surface area contributed by atoms with Crippen molar-refractivity contribution < 1.29 is 4.63 Å². The Morgan fingerprint density at radius 2 is 2.10 bits per heavy atom. The minimum atomic E-state index is 0.646. The molecule has 108 valence electrons. The molecule has 2 heterocycles. The van der Waals surface area contributed by atoms with E-state index >= 15 is 0 Å². The first-order valence-electron chi connectivity index (χ1n) is 7.16. The summed E-state index contributed by atoms with van der Waals surface area (Å²) >= 11 is 1.78. The molecular formula is C15H16N4OS. The van der Waals surface area contributed by atoms with Gasteiger partial charge >= 0.3 is 0 Å². The van der Waals surface area contributed by atoms with Gasteiger partial charge in [-0.1, -0.05) is 22.4 Å². The van der Waals surface area contributed by atoms with Crippen LogP contribution in [0.15, 0.2) is 28.9 Å². The van der Waals surface area contributed by atoms with Gasteiger partial charge in [-0.3, -0.25) is 4.90 Å². The molecular weight excluding hydrogens is 284 g/mol. The van der Waals surface area contributed by atoms with Crippen LogP contribution in [0.5, 0.6) is 0 Å². The molecule has 0 spiro atoms. The number of nitrogens with zero attached hydrogens (tertiary/aromatic N) is 4. The Balaban J connectivity index is 1.55. The van der Waals surface area contributed by atoms with Crippen LogP contribution in [0.2, 0.25) is 0 Å². The van der Waals surface area contributed by atoms with Crippen LogP contribution in [-0.2, 0) is 13.1 Å². The summed E-state index contributed by atoms with van der Waals surface area (Å²) in [6.45, 7) is 3.60. The lowest BCUT2D eigenvalue weighted by atomic mass is 10.3. The summed E-state index contributed by atoms with van der Waals surface area (Å²) in [6.07, 6.45) is 2.52. The normalized spacial score (nSPS) is 15.1. The lowest BCUT2D eigenvalue weighted by Gasteiger charge is -2.19. The molecule has 21 heavy (non-hydrogen) atoms. The van der Waals surface area contributed by atoms with Crippen LogP contribution in [0.1, 0.15) is 29.2 Å². The van der Waals surface area contributed by atoms with E-state index in [1.807, 2.05) is 13.0 Å². The molecule has 0 saturated heterocycles. The molecule has 3 aromatic rings. The largest absolute Gasteiger partial charge is 0.288 e. The lowest BCUT2D eigenvalue weighted by molar-refractivity contribution is 0.233. The molecule has 1 aliphatic rings. The second-order valence-corrected chi connectivity index (χ2v) is 6.62. The van der Waals surface area contributed by atoms with Crippen molar-refractivity contribution in [1.29, 1.82) is 0 Å². The molecule has 0 amide bonds. The summed E-state index contributed by atoms with van der Waals surface area (Å²) in [4.78, 5) is 7.17. The molecule has 0 unspecified atom stereocenters. The first kappa shape index (κ1) is 12.9. The molecule has 0 atom stereocenters. The molecule has 0 bridgehead atoms. The van der Waals surface area contributed by atoms with Crippen LogP contribution in [-0.4, -0.2) is 26.2 Å². The van der Waals surface area contributed by atoms with Crippen LogP contribution < -0.4 is 0 Å². The number of hydrogen-bond donors (Lipinski definition) is 0. The average molecular weight is 300 g/mol. The van der Waals surface area contributed by atoms with E-state index in [0.717, 1.165) is 35.0 Å². The van der Waals surface area contributed by atoms with Gasteiger partial charge in [0.2, 0.25) is 0 Å². The molecule has 5 nitrogen and oxygen atoms in total. The van der Waals surface area contributed by atoms with Crippen molar-refractivity contribution in [3.05, 3.63) is 40.7 Å². The third kappa shape index (κ3) is 2.69. The zero-order valence-corrected chi connectivity index (χ0v) is 12.6. The summed E-state index contributed by atoms with van der Waals surface area (Å²) in [5, 5.41) is 9.03. The highest BCUT2D eigenvalue weighted by molar-refractivity contribution is 7.18. The Hall–Kier alpha value is -1.79. The second kappa shape index (κ2) is 5.20. The Bertz CT molecular complexity index is 729. The Morgan fingerprint density at radius 1 is 1.24 bits per heavy atom. The van der Waals surface area contributed by atoms with Crippen LogP contribution in [0, 0.1) is 6.92 Å². The number of para-hydroxylation sites is 1. The number of aromatic nitrogens is 3. The molecule has 0 N–H and O–H groups in total. The van der Waals surface area contributed by atoms with Gasteiger partial charge in [-0.05, 0) is 31.9 Å². The second-order valence-electron chi connectivity index (χ2n) is 5.51. The highest BCUT2D eigenvalue weighted by atomic mass is 32.1. The molecule has 0 aliphatic heterocycles. The van der Waals surface area contributed by atoms with Gasteiger partial charge in [-0.2, -0.15) is 0 Å². The highest BCUT2D eigenvalue weighted by Gasteiger charge is 2.30. The summed E-state index contributed by atoms with van der Waals surface area (Å²) in [5.41, 5.74) is 2.90. The minimum Gasteiger partial charge on any atom is -0.288 e. The van der Waals surface area contributed by atoms with Crippen LogP contribution in [0.4, 0.5) is 0 Å². The van der Waals surface area contributed by atoms with E-state index in [2.05, 4.69) is 33.4 Å². The van der Waals surface area contributed by atoms with Gasteiger partial charge in [0.05, 0.1) is 16.8 Å². The number of benzene rings is 1. The molecule has 0 radical (unpaired) electrons. The third-order valence-electron chi connectivity index (χ3n) is 3.84. The van der Waals surface area contributed by atoms with Crippen molar-refractivity contribution in [3.8, 4) is 0 Å². The third-order valence-corrected chi connectivity index (χ3v) is 4.86. The van der Waals surface area contributed by atoms with Gasteiger partial charge in [-0.15, -0.1) is 11.3 Å². The van der Waals surface area contributed by atoms with Crippen LogP contribution in [0.3, 0.4) is 0 Å². The molecule has 1 fully saturated rings. The van der Waals surface area contributed by atoms with Crippen molar-refractivity contribution in [2.45, 2.75) is 38.9 Å². The Morgan fingerprint density at radius 3 is 2.81 bits per heavy atom. The van der Waals surface area contributed by atoms with E-state index in [-0.39, 0.29) is 0 Å². The molecule has 2 aromatic heterocycles. The summed E-state index contributed by atoms with van der Waals surface area (Å²) < 4.78 is 6.06. The standard InChI is InChI=1S/C15H16N4OS/c1-10-13(18-20-17-10)8-19(11-6-7-11)9-15-16-12-4-2-3-5-14(12)21-15/h2-5,11H,6-9H2,1H3. The van der Waals surface area contributed by atoms with E-state index in [9.17, 15) is 0 Å². The monoisotopic (exact) mass is 300 g/mol. The number of hydrogen-bond acceptors (Lipinski definition) is 6. The van der Waals surface area contributed by atoms with E-state index < -0.39 is 0 Å². The maximum Gasteiger partial charge on any atom is 0.122 e. The zero-order chi connectivity index (χ0) is 14.2. The maximum absolute atomic E-state index is 4.80. The predicted octanol–water partition coefficient (Wildman–Crippen LogP) is 3.15.